The van der Waals surface area contributed by atoms with Gasteiger partial charge in [-0.1, -0.05) is 18.2 Å². The van der Waals surface area contributed by atoms with Gasteiger partial charge in [-0.15, -0.1) is 0 Å². The molecule has 2 aliphatic rings. The molecular formula is C23H25N5O. The topological polar surface area (TPSA) is 63.1 Å². The molecule has 2 aromatic heterocycles. The predicted octanol–water partition coefficient (Wildman–Crippen LogP) is 3.67. The minimum absolute atomic E-state index is 0.104. The van der Waals surface area contributed by atoms with Gasteiger partial charge in [0.2, 0.25) is 0 Å². The molecule has 1 amide bonds. The Labute approximate surface area is 170 Å². The summed E-state index contributed by atoms with van der Waals surface area (Å²) in [5.74, 6) is 1.39. The van der Waals surface area contributed by atoms with Crippen LogP contribution in [-0.2, 0) is 6.54 Å². The van der Waals surface area contributed by atoms with E-state index in [1.165, 1.54) is 12.8 Å². The lowest BCUT2D eigenvalue weighted by Crippen LogP contribution is -2.26. The Kier molecular flexibility index (Phi) is 4.76. The van der Waals surface area contributed by atoms with Crippen LogP contribution in [0.25, 0.3) is 5.69 Å². The van der Waals surface area contributed by atoms with Crippen molar-refractivity contribution in [1.29, 1.82) is 0 Å². The lowest BCUT2D eigenvalue weighted by molar-refractivity contribution is 0.0943. The van der Waals surface area contributed by atoms with Crippen LogP contribution in [-0.4, -0.2) is 33.8 Å². The summed E-state index contributed by atoms with van der Waals surface area (Å²) in [6.07, 6.45) is 6.58. The maximum atomic E-state index is 13.0. The van der Waals surface area contributed by atoms with E-state index in [1.54, 1.807) is 4.68 Å². The van der Waals surface area contributed by atoms with Crippen molar-refractivity contribution in [3.05, 3.63) is 71.7 Å². The number of para-hydroxylation sites is 1. The molecule has 5 rings (SSSR count). The minimum atomic E-state index is -0.104. The molecule has 6 nitrogen and oxygen atoms in total. The molecule has 0 atom stereocenters. The summed E-state index contributed by atoms with van der Waals surface area (Å²) in [6, 6.07) is 15.8. The van der Waals surface area contributed by atoms with Gasteiger partial charge in [-0.05, 0) is 61.6 Å². The number of anilines is 1. The lowest BCUT2D eigenvalue weighted by atomic mass is 10.2. The highest BCUT2D eigenvalue weighted by Crippen LogP contribution is 2.39. The van der Waals surface area contributed by atoms with Crippen molar-refractivity contribution in [2.24, 2.45) is 0 Å². The van der Waals surface area contributed by atoms with E-state index < -0.39 is 0 Å². The van der Waals surface area contributed by atoms with Crippen molar-refractivity contribution in [2.45, 2.75) is 38.1 Å². The Balaban J connectivity index is 1.34. The number of hydrogen-bond donors (Lipinski definition) is 1. The third-order valence-corrected chi connectivity index (χ3v) is 5.65. The zero-order valence-electron chi connectivity index (χ0n) is 16.4. The molecule has 1 aromatic carbocycles. The van der Waals surface area contributed by atoms with Crippen LogP contribution in [0.1, 0.15) is 53.3 Å². The highest BCUT2D eigenvalue weighted by atomic mass is 16.2. The van der Waals surface area contributed by atoms with Crippen LogP contribution in [0, 0.1) is 0 Å². The fraction of sp³-hybridized carbons (Fsp3) is 0.348. The van der Waals surface area contributed by atoms with E-state index in [0.29, 0.717) is 18.2 Å². The molecule has 1 aliphatic carbocycles. The van der Waals surface area contributed by atoms with Crippen LogP contribution < -0.4 is 10.2 Å². The molecule has 0 bridgehead atoms. The van der Waals surface area contributed by atoms with Gasteiger partial charge in [0.25, 0.3) is 5.91 Å². The van der Waals surface area contributed by atoms with Crippen molar-refractivity contribution in [1.82, 2.24) is 20.1 Å². The van der Waals surface area contributed by atoms with Gasteiger partial charge in [-0.3, -0.25) is 4.79 Å². The first kappa shape index (κ1) is 17.9. The number of carbonyl (C=O) groups excluding carboxylic acids is 1. The van der Waals surface area contributed by atoms with Crippen molar-refractivity contribution in [3.63, 3.8) is 0 Å². The minimum Gasteiger partial charge on any atom is -0.357 e. The number of nitrogens with zero attached hydrogens (tertiary/aromatic N) is 4. The normalized spacial score (nSPS) is 16.2. The molecule has 3 heterocycles. The molecule has 6 heteroatoms. The molecule has 1 saturated carbocycles. The smallest absolute Gasteiger partial charge is 0.270 e. The van der Waals surface area contributed by atoms with Gasteiger partial charge in [0, 0.05) is 31.7 Å². The van der Waals surface area contributed by atoms with Crippen LogP contribution in [0.2, 0.25) is 0 Å². The molecule has 0 radical (unpaired) electrons. The van der Waals surface area contributed by atoms with E-state index in [2.05, 4.69) is 21.3 Å². The summed E-state index contributed by atoms with van der Waals surface area (Å²) < 4.78 is 1.77. The van der Waals surface area contributed by atoms with E-state index in [4.69, 9.17) is 5.10 Å². The molecule has 2 fully saturated rings. The number of hydrogen-bond acceptors (Lipinski definition) is 4. The summed E-state index contributed by atoms with van der Waals surface area (Å²) in [6.45, 7) is 2.59. The fourth-order valence-corrected chi connectivity index (χ4v) is 3.87. The van der Waals surface area contributed by atoms with E-state index in [-0.39, 0.29) is 5.91 Å². The van der Waals surface area contributed by atoms with Crippen LogP contribution in [0.3, 0.4) is 0 Å². The summed E-state index contributed by atoms with van der Waals surface area (Å²) in [5.41, 5.74) is 3.57. The molecule has 0 unspecified atom stereocenters. The van der Waals surface area contributed by atoms with Gasteiger partial charge < -0.3 is 10.2 Å². The van der Waals surface area contributed by atoms with E-state index >= 15 is 0 Å². The lowest BCUT2D eigenvalue weighted by Gasteiger charge is -2.17. The Morgan fingerprint density at radius 2 is 1.86 bits per heavy atom. The van der Waals surface area contributed by atoms with E-state index in [9.17, 15) is 4.79 Å². The second kappa shape index (κ2) is 7.70. The molecular weight excluding hydrogens is 362 g/mol. The standard InChI is InChI=1S/C23H25N5O/c29-23(25-16-17-10-11-24-22(14-17)27-12-4-5-13-27)21-15-20(18-8-9-18)26-28(21)19-6-2-1-3-7-19/h1-3,6-7,10-11,14-15,18H,4-5,8-9,12-13,16H2,(H,25,29). The first-order valence-electron chi connectivity index (χ1n) is 10.4. The average Bonchev–Trinajstić information content (AvgIpc) is 3.29. The zero-order valence-corrected chi connectivity index (χ0v) is 16.4. The molecule has 1 aliphatic heterocycles. The van der Waals surface area contributed by atoms with Gasteiger partial charge in [0.15, 0.2) is 0 Å². The summed E-state index contributed by atoms with van der Waals surface area (Å²) in [5, 5.41) is 7.79. The quantitative estimate of drug-likeness (QED) is 0.701. The van der Waals surface area contributed by atoms with Crippen molar-refractivity contribution in [2.75, 3.05) is 18.0 Å². The summed E-state index contributed by atoms with van der Waals surface area (Å²) >= 11 is 0. The maximum Gasteiger partial charge on any atom is 0.270 e. The third-order valence-electron chi connectivity index (χ3n) is 5.65. The third kappa shape index (κ3) is 3.88. The largest absolute Gasteiger partial charge is 0.357 e. The second-order valence-corrected chi connectivity index (χ2v) is 7.88. The Morgan fingerprint density at radius 1 is 1.07 bits per heavy atom. The predicted molar refractivity (Wildman–Crippen MR) is 112 cm³/mol. The molecule has 1 saturated heterocycles. The Morgan fingerprint density at radius 3 is 2.62 bits per heavy atom. The Bertz CT molecular complexity index is 1000. The maximum absolute atomic E-state index is 13.0. The van der Waals surface area contributed by atoms with Gasteiger partial charge >= 0.3 is 0 Å². The molecule has 0 spiro atoms. The number of benzene rings is 1. The van der Waals surface area contributed by atoms with Crippen LogP contribution in [0.15, 0.2) is 54.7 Å². The average molecular weight is 387 g/mol. The number of amides is 1. The highest BCUT2D eigenvalue weighted by molar-refractivity contribution is 5.93. The highest BCUT2D eigenvalue weighted by Gasteiger charge is 2.29. The van der Waals surface area contributed by atoms with Gasteiger partial charge in [-0.2, -0.15) is 5.10 Å². The number of rotatable bonds is 6. The van der Waals surface area contributed by atoms with Gasteiger partial charge in [0.05, 0.1) is 11.4 Å². The first-order chi connectivity index (χ1) is 14.3. The van der Waals surface area contributed by atoms with Crippen molar-refractivity contribution >= 4 is 11.7 Å². The first-order valence-corrected chi connectivity index (χ1v) is 10.4. The van der Waals surface area contributed by atoms with E-state index in [0.717, 1.165) is 48.7 Å². The van der Waals surface area contributed by atoms with Crippen LogP contribution in [0.4, 0.5) is 5.82 Å². The van der Waals surface area contributed by atoms with E-state index in [1.807, 2.05) is 48.7 Å². The second-order valence-electron chi connectivity index (χ2n) is 7.88. The van der Waals surface area contributed by atoms with Crippen molar-refractivity contribution in [3.8, 4) is 5.69 Å². The fourth-order valence-electron chi connectivity index (χ4n) is 3.87. The number of nitrogens with one attached hydrogen (secondary N) is 1. The SMILES string of the molecule is O=C(NCc1ccnc(N2CCCC2)c1)c1cc(C2CC2)nn1-c1ccccc1. The molecule has 148 valence electrons. The zero-order chi connectivity index (χ0) is 19.6. The van der Waals surface area contributed by atoms with Gasteiger partial charge in [0.1, 0.15) is 11.5 Å². The van der Waals surface area contributed by atoms with Crippen molar-refractivity contribution < 1.29 is 4.79 Å². The summed E-state index contributed by atoms with van der Waals surface area (Å²) in [7, 11) is 0. The number of carbonyl (C=O) groups is 1. The summed E-state index contributed by atoms with van der Waals surface area (Å²) in [4.78, 5) is 19.8. The molecule has 3 aromatic rings. The monoisotopic (exact) mass is 387 g/mol. The molecule has 29 heavy (non-hydrogen) atoms. The number of pyridine rings is 1. The van der Waals surface area contributed by atoms with Crippen LogP contribution >= 0.6 is 0 Å². The Hall–Kier alpha value is -3.15. The number of aromatic nitrogens is 3. The molecule has 1 N–H and O–H groups in total. The van der Waals surface area contributed by atoms with Gasteiger partial charge in [-0.25, -0.2) is 9.67 Å². The van der Waals surface area contributed by atoms with Crippen LogP contribution in [0.5, 0.6) is 0 Å².